The number of ketones is 1. The summed E-state index contributed by atoms with van der Waals surface area (Å²) in [6, 6.07) is 0. The third-order valence-corrected chi connectivity index (χ3v) is 17.8. The Morgan fingerprint density at radius 1 is 0.783 bits per heavy atom. The van der Waals surface area contributed by atoms with Crippen molar-refractivity contribution in [2.24, 2.45) is 50.2 Å². The van der Waals surface area contributed by atoms with Gasteiger partial charge in [-0.3, -0.25) is 9.59 Å². The van der Waals surface area contributed by atoms with Gasteiger partial charge in [0, 0.05) is 17.3 Å². The number of aliphatic hydroxyl groups excluding tert-OH is 7. The van der Waals surface area contributed by atoms with Crippen LogP contribution in [-0.4, -0.2) is 148 Å². The summed E-state index contributed by atoms with van der Waals surface area (Å²) < 4.78 is 34.3. The number of methoxy groups -OCH3 is 2. The maximum absolute atomic E-state index is 13.9. The molecule has 0 aromatic rings. The van der Waals surface area contributed by atoms with Gasteiger partial charge in [0.2, 0.25) is 0 Å². The summed E-state index contributed by atoms with van der Waals surface area (Å²) in [4.78, 5) is 39.9. The van der Waals surface area contributed by atoms with E-state index in [9.17, 15) is 50.1 Å². The van der Waals surface area contributed by atoms with Gasteiger partial charge in [-0.05, 0) is 92.3 Å². The Labute approximate surface area is 351 Å². The van der Waals surface area contributed by atoms with Crippen molar-refractivity contribution in [3.8, 4) is 0 Å². The van der Waals surface area contributed by atoms with Crippen molar-refractivity contribution in [1.82, 2.24) is 0 Å². The van der Waals surface area contributed by atoms with E-state index in [-0.39, 0.29) is 58.8 Å². The number of hydrogen-bond donors (Lipinski definition) is 7. The van der Waals surface area contributed by atoms with E-state index in [0.717, 1.165) is 39.2 Å². The van der Waals surface area contributed by atoms with Crippen molar-refractivity contribution >= 4 is 17.7 Å². The minimum Gasteiger partial charge on any atom is -0.469 e. The predicted molar refractivity (Wildman–Crippen MR) is 209 cm³/mol. The highest BCUT2D eigenvalue weighted by Crippen LogP contribution is 2.75. The lowest BCUT2D eigenvalue weighted by Crippen LogP contribution is -2.68. The van der Waals surface area contributed by atoms with Gasteiger partial charge in [-0.15, -0.1) is 0 Å². The number of allylic oxidation sites excluding steroid dienone is 2. The summed E-state index contributed by atoms with van der Waals surface area (Å²) in [5.41, 5.74) is -1.79. The summed E-state index contributed by atoms with van der Waals surface area (Å²) in [5, 5.41) is 75.2. The third kappa shape index (κ3) is 6.59. The maximum Gasteiger partial charge on any atom is 0.337 e. The minimum absolute atomic E-state index is 0.0709. The number of hydrogen-bond acceptors (Lipinski definition) is 16. The molecule has 6 fully saturated rings. The number of rotatable bonds is 8. The monoisotopic (exact) mass is 852 g/mol. The first kappa shape index (κ1) is 45.9. The Hall–Kier alpha value is -2.09. The highest BCUT2D eigenvalue weighted by molar-refractivity contribution is 5.92. The molecule has 5 aliphatic carbocycles. The zero-order valence-corrected chi connectivity index (χ0v) is 36.2. The van der Waals surface area contributed by atoms with Gasteiger partial charge in [-0.25, -0.2) is 4.79 Å². The fourth-order valence-electron chi connectivity index (χ4n) is 13.8. The minimum atomic E-state index is -1.87. The molecule has 0 aromatic carbocycles. The fraction of sp³-hybridized carbons (Fsp3) is 0.886. The Morgan fingerprint density at radius 3 is 2.12 bits per heavy atom. The molecule has 0 bridgehead atoms. The van der Waals surface area contributed by atoms with Gasteiger partial charge in [-0.1, -0.05) is 46.3 Å². The van der Waals surface area contributed by atoms with Gasteiger partial charge >= 0.3 is 11.9 Å². The predicted octanol–water partition coefficient (Wildman–Crippen LogP) is 1.30. The first-order chi connectivity index (χ1) is 28.0. The third-order valence-electron chi connectivity index (χ3n) is 17.8. The van der Waals surface area contributed by atoms with Crippen molar-refractivity contribution in [1.29, 1.82) is 0 Å². The smallest absolute Gasteiger partial charge is 0.337 e. The van der Waals surface area contributed by atoms with E-state index in [4.69, 9.17) is 28.4 Å². The Bertz CT molecular complexity index is 1700. The summed E-state index contributed by atoms with van der Waals surface area (Å²) in [6.45, 7) is 12.0. The molecule has 0 radical (unpaired) electrons. The largest absolute Gasteiger partial charge is 0.469 e. The zero-order valence-electron chi connectivity index (χ0n) is 36.2. The van der Waals surface area contributed by atoms with Crippen LogP contribution in [0.15, 0.2) is 11.6 Å². The van der Waals surface area contributed by atoms with Crippen molar-refractivity contribution in [2.75, 3.05) is 27.4 Å². The molecule has 4 saturated carbocycles. The van der Waals surface area contributed by atoms with Crippen LogP contribution in [0.25, 0.3) is 0 Å². The van der Waals surface area contributed by atoms with Gasteiger partial charge in [0.05, 0.1) is 39.0 Å². The lowest BCUT2D eigenvalue weighted by Gasteiger charge is -2.71. The fourth-order valence-corrected chi connectivity index (χ4v) is 13.8. The molecule has 20 atom stereocenters. The second kappa shape index (κ2) is 15.9. The van der Waals surface area contributed by atoms with Gasteiger partial charge < -0.3 is 64.2 Å². The summed E-state index contributed by atoms with van der Waals surface area (Å²) in [7, 11) is 2.48. The van der Waals surface area contributed by atoms with E-state index in [1.807, 2.05) is 13.8 Å². The van der Waals surface area contributed by atoms with Crippen LogP contribution in [0.4, 0.5) is 0 Å². The Morgan fingerprint density at radius 2 is 1.48 bits per heavy atom. The number of Topliss-reactive ketones (excluding diaryl/α,β-unsaturated/α-hetero) is 1. The molecular weight excluding hydrogens is 784 g/mol. The molecule has 7 N–H and O–H groups in total. The van der Waals surface area contributed by atoms with E-state index in [2.05, 4.69) is 33.8 Å². The van der Waals surface area contributed by atoms with E-state index >= 15 is 0 Å². The van der Waals surface area contributed by atoms with Crippen LogP contribution in [0.5, 0.6) is 0 Å². The molecule has 0 amide bonds. The van der Waals surface area contributed by atoms with Crippen LogP contribution in [0.3, 0.4) is 0 Å². The molecule has 2 heterocycles. The summed E-state index contributed by atoms with van der Waals surface area (Å²) in [6.07, 6.45) is -9.60. The second-order valence-corrected chi connectivity index (χ2v) is 20.7. The molecule has 16 nitrogen and oxygen atoms in total. The topological polar surface area (TPSA) is 248 Å². The van der Waals surface area contributed by atoms with Crippen molar-refractivity contribution < 1.29 is 78.6 Å². The second-order valence-electron chi connectivity index (χ2n) is 20.7. The van der Waals surface area contributed by atoms with Gasteiger partial charge in [0.25, 0.3) is 0 Å². The van der Waals surface area contributed by atoms with Crippen LogP contribution < -0.4 is 0 Å². The molecule has 340 valence electrons. The molecule has 20 unspecified atom stereocenters. The summed E-state index contributed by atoms with van der Waals surface area (Å²) in [5.74, 6) is -1.18. The number of esters is 2. The zero-order chi connectivity index (χ0) is 44.1. The number of carbonyl (C=O) groups is 3. The van der Waals surface area contributed by atoms with Gasteiger partial charge in [-0.2, -0.15) is 0 Å². The quantitative estimate of drug-likeness (QED) is 0.103. The number of fused-ring (bicyclic) bond motifs is 7. The lowest BCUT2D eigenvalue weighted by molar-refractivity contribution is -0.375. The van der Waals surface area contributed by atoms with Gasteiger partial charge in [0.1, 0.15) is 48.5 Å². The molecule has 60 heavy (non-hydrogen) atoms. The molecule has 2 saturated heterocycles. The number of carbonyl (C=O) groups excluding carboxylic acids is 3. The Kier molecular flexibility index (Phi) is 12.1. The van der Waals surface area contributed by atoms with E-state index in [1.165, 1.54) is 12.7 Å². The average Bonchev–Trinajstić information content (AvgIpc) is 3.21. The lowest BCUT2D eigenvalue weighted by atomic mass is 9.33. The van der Waals surface area contributed by atoms with Crippen molar-refractivity contribution in [3.63, 3.8) is 0 Å². The molecule has 0 aromatic heterocycles. The molecule has 2 aliphatic heterocycles. The normalized spacial score (nSPS) is 52.8. The van der Waals surface area contributed by atoms with Crippen LogP contribution in [0.2, 0.25) is 0 Å². The van der Waals surface area contributed by atoms with Crippen molar-refractivity contribution in [3.05, 3.63) is 11.6 Å². The standard InChI is InChI=1S/C44H68O16/c1-39(38(54)56-8)17-22-21-9-10-25-41(3)13-12-27(42(4,20-46)24(41)11-14-44(25,6)43(21,5)16-15-40(22,2)26(47)18-39)58-37-34(31(51)30(50)33(59-37)35(53)55-7)60-36-32(52)29(49)28(48)23(19-45)57-36/h9,22-25,27-34,36-37,45-46,48-52H,10-20H2,1-8H3. The average molecular weight is 853 g/mol. The van der Waals surface area contributed by atoms with E-state index in [0.29, 0.717) is 19.3 Å². The molecule has 7 aliphatic rings. The maximum atomic E-state index is 13.9. The first-order valence-corrected chi connectivity index (χ1v) is 21.7. The van der Waals surface area contributed by atoms with Crippen molar-refractivity contribution in [2.45, 2.75) is 167 Å². The highest BCUT2D eigenvalue weighted by atomic mass is 16.8. The molecule has 16 heteroatoms. The van der Waals surface area contributed by atoms with Crippen LogP contribution in [0, 0.1) is 50.2 Å². The molecule has 7 rings (SSSR count). The number of aliphatic hydroxyl groups is 7. The first-order valence-electron chi connectivity index (χ1n) is 21.7. The van der Waals surface area contributed by atoms with Crippen LogP contribution in [-0.2, 0) is 42.8 Å². The molecular formula is C44H68O16. The van der Waals surface area contributed by atoms with Crippen LogP contribution in [0.1, 0.15) is 99.3 Å². The van der Waals surface area contributed by atoms with E-state index < -0.39 is 96.3 Å². The Balaban J connectivity index is 1.18. The SMILES string of the molecule is COC(=O)C1OC(OC2CCC3(C)C(CCC4(C)C3CC=C3C5CC(C)(C(=O)OC)CC(=O)C5(C)CCC34C)C2(C)CO)C(OC2OC(CO)C(O)C(O)C2O)C(O)C1O. The summed E-state index contributed by atoms with van der Waals surface area (Å²) >= 11 is 0. The van der Waals surface area contributed by atoms with Gasteiger partial charge in [0.15, 0.2) is 18.7 Å². The van der Waals surface area contributed by atoms with E-state index in [1.54, 1.807) is 0 Å². The van der Waals surface area contributed by atoms with Crippen LogP contribution >= 0.6 is 0 Å². The number of ether oxygens (including phenoxy) is 6. The highest BCUT2D eigenvalue weighted by Gasteiger charge is 2.70. The molecule has 0 spiro atoms.